The molecule has 0 aliphatic carbocycles. The lowest BCUT2D eigenvalue weighted by molar-refractivity contribution is -0.137. The summed E-state index contributed by atoms with van der Waals surface area (Å²) in [5.41, 5.74) is 0.278. The number of aliphatic carboxylic acids is 1. The Hall–Kier alpha value is -0.610. The Balaban J connectivity index is 1.85. The monoisotopic (exact) mass is 171 g/mol. The fourth-order valence-electron chi connectivity index (χ4n) is 1.99. The van der Waals surface area contributed by atoms with Gasteiger partial charge in [-0.1, -0.05) is 0 Å². The second kappa shape index (κ2) is 2.71. The Bertz CT molecular complexity index is 200. The Labute approximate surface area is 70.9 Å². The van der Waals surface area contributed by atoms with Crippen molar-refractivity contribution in [2.24, 2.45) is 5.41 Å². The number of hydrogen-bond donors (Lipinski definition) is 2. The summed E-state index contributed by atoms with van der Waals surface area (Å²) in [5, 5.41) is 11.8. The lowest BCUT2D eigenvalue weighted by Crippen LogP contribution is -2.43. The van der Waals surface area contributed by atoms with E-state index < -0.39 is 5.97 Å². The molecule has 2 aliphatic rings. The molecule has 0 radical (unpaired) electrons. The number of carboxylic acid groups (broad SMARTS) is 1. The standard InChI is InChI=1S/C8H13NO3/c10-7(11)1-6-2-8(3-9-6)4-12-5-8/h6,9H,1-5H2,(H,10,11)/t6-/m1/s1. The molecule has 2 heterocycles. The summed E-state index contributed by atoms with van der Waals surface area (Å²) in [7, 11) is 0. The van der Waals surface area contributed by atoms with Gasteiger partial charge in [0, 0.05) is 18.0 Å². The molecule has 0 amide bonds. The zero-order chi connectivity index (χ0) is 8.60. The number of hydrogen-bond acceptors (Lipinski definition) is 3. The lowest BCUT2D eigenvalue weighted by atomic mass is 9.83. The largest absolute Gasteiger partial charge is 0.481 e. The van der Waals surface area contributed by atoms with E-state index in [2.05, 4.69) is 5.32 Å². The van der Waals surface area contributed by atoms with Crippen LogP contribution >= 0.6 is 0 Å². The summed E-state index contributed by atoms with van der Waals surface area (Å²) in [5.74, 6) is -0.718. The summed E-state index contributed by atoms with van der Waals surface area (Å²) in [6.45, 7) is 2.52. The SMILES string of the molecule is O=C(O)C[C@@H]1CC2(CN1)COC2. The lowest BCUT2D eigenvalue weighted by Gasteiger charge is -2.37. The van der Waals surface area contributed by atoms with E-state index in [4.69, 9.17) is 9.84 Å². The van der Waals surface area contributed by atoms with Gasteiger partial charge in [-0.15, -0.1) is 0 Å². The quantitative estimate of drug-likeness (QED) is 0.606. The van der Waals surface area contributed by atoms with Gasteiger partial charge in [0.2, 0.25) is 0 Å². The van der Waals surface area contributed by atoms with Crippen molar-refractivity contribution in [2.45, 2.75) is 18.9 Å². The smallest absolute Gasteiger partial charge is 0.304 e. The van der Waals surface area contributed by atoms with Gasteiger partial charge >= 0.3 is 5.97 Å². The minimum absolute atomic E-state index is 0.159. The van der Waals surface area contributed by atoms with Gasteiger partial charge in [-0.05, 0) is 6.42 Å². The summed E-state index contributed by atoms with van der Waals surface area (Å²) >= 11 is 0. The van der Waals surface area contributed by atoms with E-state index in [9.17, 15) is 4.79 Å². The van der Waals surface area contributed by atoms with Crippen LogP contribution in [0, 0.1) is 5.41 Å². The van der Waals surface area contributed by atoms with Crippen LogP contribution in [0.3, 0.4) is 0 Å². The van der Waals surface area contributed by atoms with Crippen molar-refractivity contribution in [3.8, 4) is 0 Å². The molecule has 12 heavy (non-hydrogen) atoms. The van der Waals surface area contributed by atoms with E-state index in [1.165, 1.54) is 0 Å². The number of carboxylic acids is 1. The Morgan fingerprint density at radius 1 is 1.67 bits per heavy atom. The number of rotatable bonds is 2. The molecule has 4 heteroatoms. The molecular formula is C8H13NO3. The van der Waals surface area contributed by atoms with E-state index in [0.29, 0.717) is 0 Å². The van der Waals surface area contributed by atoms with Gasteiger partial charge in [0.25, 0.3) is 0 Å². The number of nitrogens with one attached hydrogen (secondary N) is 1. The van der Waals surface area contributed by atoms with Gasteiger partial charge in [0.05, 0.1) is 19.6 Å². The Morgan fingerprint density at radius 3 is 2.83 bits per heavy atom. The fraction of sp³-hybridized carbons (Fsp3) is 0.875. The van der Waals surface area contributed by atoms with E-state index >= 15 is 0 Å². The molecule has 2 fully saturated rings. The topological polar surface area (TPSA) is 58.6 Å². The molecule has 2 saturated heterocycles. The molecule has 1 spiro atoms. The predicted octanol–water partition coefficient (Wildman–Crippen LogP) is -0.160. The highest BCUT2D eigenvalue weighted by Gasteiger charge is 2.45. The first-order valence-corrected chi connectivity index (χ1v) is 4.23. The summed E-state index contributed by atoms with van der Waals surface area (Å²) < 4.78 is 5.13. The van der Waals surface area contributed by atoms with Crippen LogP contribution in [0.5, 0.6) is 0 Å². The molecule has 0 aromatic rings. The van der Waals surface area contributed by atoms with Gasteiger partial charge in [0.15, 0.2) is 0 Å². The molecule has 68 valence electrons. The van der Waals surface area contributed by atoms with E-state index in [1.807, 2.05) is 0 Å². The van der Waals surface area contributed by atoms with E-state index in [-0.39, 0.29) is 17.9 Å². The first kappa shape index (κ1) is 8.01. The van der Waals surface area contributed by atoms with Gasteiger partial charge in [-0.2, -0.15) is 0 Å². The highest BCUT2D eigenvalue weighted by molar-refractivity contribution is 5.67. The molecule has 0 aromatic carbocycles. The van der Waals surface area contributed by atoms with Gasteiger partial charge in [0.1, 0.15) is 0 Å². The third kappa shape index (κ3) is 1.32. The van der Waals surface area contributed by atoms with Gasteiger partial charge < -0.3 is 15.2 Å². The third-order valence-electron chi connectivity index (χ3n) is 2.68. The number of ether oxygens (including phenoxy) is 1. The second-order valence-electron chi connectivity index (χ2n) is 3.87. The van der Waals surface area contributed by atoms with Crippen LogP contribution in [0.1, 0.15) is 12.8 Å². The molecule has 1 atom stereocenters. The first-order valence-electron chi connectivity index (χ1n) is 4.23. The molecule has 0 unspecified atom stereocenters. The van der Waals surface area contributed by atoms with Crippen LogP contribution in [-0.2, 0) is 9.53 Å². The van der Waals surface area contributed by atoms with Crippen LogP contribution in [0.2, 0.25) is 0 Å². The molecule has 2 rings (SSSR count). The summed E-state index contributed by atoms with van der Waals surface area (Å²) in [6, 6.07) is 0.159. The van der Waals surface area contributed by atoms with Crippen molar-refractivity contribution in [1.82, 2.24) is 5.32 Å². The van der Waals surface area contributed by atoms with Crippen molar-refractivity contribution in [2.75, 3.05) is 19.8 Å². The van der Waals surface area contributed by atoms with Gasteiger partial charge in [-0.25, -0.2) is 0 Å². The highest BCUT2D eigenvalue weighted by atomic mass is 16.5. The van der Waals surface area contributed by atoms with Crippen LogP contribution in [0.15, 0.2) is 0 Å². The summed E-state index contributed by atoms with van der Waals surface area (Å²) in [4.78, 5) is 10.4. The molecule has 2 N–H and O–H groups in total. The van der Waals surface area contributed by atoms with Crippen molar-refractivity contribution >= 4 is 5.97 Å². The maximum absolute atomic E-state index is 10.4. The predicted molar refractivity (Wildman–Crippen MR) is 41.9 cm³/mol. The van der Waals surface area contributed by atoms with Crippen molar-refractivity contribution in [3.05, 3.63) is 0 Å². The van der Waals surface area contributed by atoms with Crippen LogP contribution < -0.4 is 5.32 Å². The maximum atomic E-state index is 10.4. The average molecular weight is 171 g/mol. The minimum Gasteiger partial charge on any atom is -0.481 e. The second-order valence-corrected chi connectivity index (χ2v) is 3.87. The van der Waals surface area contributed by atoms with Crippen LogP contribution in [-0.4, -0.2) is 36.9 Å². The first-order chi connectivity index (χ1) is 5.70. The average Bonchev–Trinajstić information content (AvgIpc) is 2.29. The maximum Gasteiger partial charge on any atom is 0.304 e. The Morgan fingerprint density at radius 2 is 2.42 bits per heavy atom. The third-order valence-corrected chi connectivity index (χ3v) is 2.68. The van der Waals surface area contributed by atoms with Crippen LogP contribution in [0.25, 0.3) is 0 Å². The van der Waals surface area contributed by atoms with Crippen molar-refractivity contribution < 1.29 is 14.6 Å². The van der Waals surface area contributed by atoms with E-state index in [1.54, 1.807) is 0 Å². The molecule has 4 nitrogen and oxygen atoms in total. The normalized spacial score (nSPS) is 31.8. The zero-order valence-electron chi connectivity index (χ0n) is 6.88. The van der Waals surface area contributed by atoms with Crippen molar-refractivity contribution in [1.29, 1.82) is 0 Å². The van der Waals surface area contributed by atoms with Crippen molar-refractivity contribution in [3.63, 3.8) is 0 Å². The Kier molecular flexibility index (Phi) is 1.81. The van der Waals surface area contributed by atoms with E-state index in [0.717, 1.165) is 26.2 Å². The minimum atomic E-state index is -0.718. The summed E-state index contributed by atoms with van der Waals surface area (Å²) in [6.07, 6.45) is 1.20. The number of carbonyl (C=O) groups is 1. The molecule has 0 bridgehead atoms. The zero-order valence-corrected chi connectivity index (χ0v) is 6.88. The molecule has 0 saturated carbocycles. The van der Waals surface area contributed by atoms with Crippen LogP contribution in [0.4, 0.5) is 0 Å². The highest BCUT2D eigenvalue weighted by Crippen LogP contribution is 2.36. The van der Waals surface area contributed by atoms with Gasteiger partial charge in [-0.3, -0.25) is 4.79 Å². The molecular weight excluding hydrogens is 158 g/mol. The fourth-order valence-corrected chi connectivity index (χ4v) is 1.99. The molecule has 2 aliphatic heterocycles. The molecule has 0 aromatic heterocycles.